The van der Waals surface area contributed by atoms with E-state index in [0.717, 1.165) is 25.9 Å². The SMILES string of the molecule is CC(C)N1CCC(CC[N+]2(OC(=O)C(F)(F)F)C(=O)CN(C(=O)c3ccc(Cl)cc3)Cc3ccccc32)CC1. The lowest BCUT2D eigenvalue weighted by Crippen LogP contribution is -2.60. The molecule has 2 aromatic carbocycles. The molecule has 0 saturated carbocycles. The molecule has 4 rings (SSSR count). The largest absolute Gasteiger partial charge is 0.497 e. The lowest BCUT2D eigenvalue weighted by atomic mass is 9.92. The van der Waals surface area contributed by atoms with Gasteiger partial charge in [0.2, 0.25) is 0 Å². The fraction of sp³-hybridized carbons (Fsp3) is 0.464. The van der Waals surface area contributed by atoms with E-state index in [0.29, 0.717) is 23.0 Å². The van der Waals surface area contributed by atoms with Crippen LogP contribution >= 0.6 is 11.6 Å². The van der Waals surface area contributed by atoms with Crippen LogP contribution in [0.5, 0.6) is 0 Å². The number of hydroxylamine groups is 2. The number of alkyl halides is 3. The topological polar surface area (TPSA) is 66.9 Å². The Kier molecular flexibility index (Phi) is 8.68. The number of amides is 2. The highest BCUT2D eigenvalue weighted by Crippen LogP contribution is 2.36. The minimum absolute atomic E-state index is 0.0419. The highest BCUT2D eigenvalue weighted by molar-refractivity contribution is 6.30. The van der Waals surface area contributed by atoms with E-state index < -0.39 is 35.2 Å². The Labute approximate surface area is 230 Å². The summed E-state index contributed by atoms with van der Waals surface area (Å²) >= 11 is 5.94. The van der Waals surface area contributed by atoms with Crippen LogP contribution in [0.2, 0.25) is 5.02 Å². The van der Waals surface area contributed by atoms with E-state index in [-0.39, 0.29) is 30.3 Å². The molecule has 0 spiro atoms. The third-order valence-corrected chi connectivity index (χ3v) is 7.80. The minimum atomic E-state index is -5.30. The molecule has 0 aliphatic carbocycles. The number of rotatable bonds is 6. The lowest BCUT2D eigenvalue weighted by molar-refractivity contribution is -0.234. The number of hydrogen-bond acceptors (Lipinski definition) is 5. The second kappa shape index (κ2) is 11.7. The predicted molar refractivity (Wildman–Crippen MR) is 140 cm³/mol. The van der Waals surface area contributed by atoms with Gasteiger partial charge in [0.15, 0.2) is 5.69 Å². The first-order valence-electron chi connectivity index (χ1n) is 13.0. The van der Waals surface area contributed by atoms with Crippen molar-refractivity contribution in [3.63, 3.8) is 0 Å². The van der Waals surface area contributed by atoms with Crippen molar-refractivity contribution >= 4 is 35.1 Å². The first-order valence-corrected chi connectivity index (χ1v) is 13.4. The monoisotopic (exact) mass is 566 g/mol. The Hall–Kier alpha value is -2.95. The number of hydrogen-bond donors (Lipinski definition) is 0. The summed E-state index contributed by atoms with van der Waals surface area (Å²) in [4.78, 5) is 48.2. The molecule has 0 N–H and O–H groups in total. The Morgan fingerprint density at radius 3 is 2.31 bits per heavy atom. The van der Waals surface area contributed by atoms with Gasteiger partial charge in [-0.15, -0.1) is 0 Å². The maximum absolute atomic E-state index is 13.9. The molecule has 39 heavy (non-hydrogen) atoms. The van der Waals surface area contributed by atoms with Crippen LogP contribution in [0, 0.1) is 5.92 Å². The van der Waals surface area contributed by atoms with Gasteiger partial charge in [0.05, 0.1) is 6.54 Å². The molecule has 0 radical (unpaired) electrons. The molecule has 2 heterocycles. The van der Waals surface area contributed by atoms with Gasteiger partial charge in [0.1, 0.15) is 13.1 Å². The number of quaternary nitrogens is 1. The average molecular weight is 567 g/mol. The molecular formula is C28H32ClF3N3O4+. The van der Waals surface area contributed by atoms with Crippen LogP contribution in [0.3, 0.4) is 0 Å². The van der Waals surface area contributed by atoms with E-state index in [1.807, 2.05) is 0 Å². The van der Waals surface area contributed by atoms with Gasteiger partial charge in [0.25, 0.3) is 5.91 Å². The molecule has 0 aromatic heterocycles. The van der Waals surface area contributed by atoms with Gasteiger partial charge < -0.3 is 9.80 Å². The summed E-state index contributed by atoms with van der Waals surface area (Å²) in [6.07, 6.45) is -3.28. The Balaban J connectivity index is 1.68. The smallest absolute Gasteiger partial charge is 0.320 e. The number of para-hydroxylation sites is 1. The summed E-state index contributed by atoms with van der Waals surface area (Å²) in [7, 11) is 0. The van der Waals surface area contributed by atoms with Crippen LogP contribution in [0.15, 0.2) is 48.5 Å². The minimum Gasteiger partial charge on any atom is -0.320 e. The van der Waals surface area contributed by atoms with E-state index >= 15 is 0 Å². The standard InChI is InChI=1S/C28H32ClF3N3O4/c1-19(2)33-14-11-20(12-15-33)13-16-35(39-27(38)28(30,31)32)24-6-4-3-5-22(24)17-34(18-25(35)36)26(37)21-7-9-23(29)10-8-21/h3-10,19-20H,11-18H2,1-2H3/q+1. The Morgan fingerprint density at radius 2 is 1.69 bits per heavy atom. The van der Waals surface area contributed by atoms with Gasteiger partial charge in [-0.1, -0.05) is 29.8 Å². The second-order valence-electron chi connectivity index (χ2n) is 10.4. The number of benzene rings is 2. The Bertz CT molecular complexity index is 1210. The van der Waals surface area contributed by atoms with Gasteiger partial charge >= 0.3 is 18.1 Å². The average Bonchev–Trinajstić information content (AvgIpc) is 3.02. The van der Waals surface area contributed by atoms with E-state index in [1.54, 1.807) is 30.3 Å². The number of halogens is 4. The number of likely N-dealkylation sites (tertiary alicyclic amines) is 1. The van der Waals surface area contributed by atoms with Crippen molar-refractivity contribution in [1.82, 2.24) is 14.4 Å². The van der Waals surface area contributed by atoms with Crippen LogP contribution in [-0.2, 0) is 21.0 Å². The molecule has 2 amide bonds. The van der Waals surface area contributed by atoms with Crippen LogP contribution < -0.4 is 4.65 Å². The molecule has 210 valence electrons. The molecule has 7 nitrogen and oxygen atoms in total. The number of piperidine rings is 1. The molecule has 1 saturated heterocycles. The first kappa shape index (κ1) is 29.0. The van der Waals surface area contributed by atoms with Crippen molar-refractivity contribution in [2.45, 2.75) is 51.9 Å². The van der Waals surface area contributed by atoms with Crippen molar-refractivity contribution in [3.8, 4) is 0 Å². The first-order chi connectivity index (χ1) is 18.4. The summed E-state index contributed by atoms with van der Waals surface area (Å²) in [5.41, 5.74) is 0.829. The fourth-order valence-electron chi connectivity index (χ4n) is 5.30. The highest BCUT2D eigenvalue weighted by Gasteiger charge is 2.55. The predicted octanol–water partition coefficient (Wildman–Crippen LogP) is 5.36. The van der Waals surface area contributed by atoms with Crippen LogP contribution in [-0.4, -0.2) is 66.0 Å². The summed E-state index contributed by atoms with van der Waals surface area (Å²) < 4.78 is 39.2. The molecule has 1 atom stereocenters. The highest BCUT2D eigenvalue weighted by atomic mass is 35.5. The maximum Gasteiger partial charge on any atom is 0.497 e. The normalized spacial score (nSPS) is 21.0. The summed E-state index contributed by atoms with van der Waals surface area (Å²) in [5.74, 6) is -3.61. The van der Waals surface area contributed by atoms with Crippen molar-refractivity contribution in [2.24, 2.45) is 5.92 Å². The van der Waals surface area contributed by atoms with Crippen LogP contribution in [0.1, 0.15) is 49.0 Å². The summed E-state index contributed by atoms with van der Waals surface area (Å²) in [5, 5.41) is 0.429. The lowest BCUT2D eigenvalue weighted by Gasteiger charge is -2.36. The second-order valence-corrected chi connectivity index (χ2v) is 10.8. The maximum atomic E-state index is 13.9. The van der Waals surface area contributed by atoms with E-state index in [1.165, 1.54) is 23.1 Å². The zero-order valence-electron chi connectivity index (χ0n) is 21.9. The van der Waals surface area contributed by atoms with E-state index in [2.05, 4.69) is 18.7 Å². The van der Waals surface area contributed by atoms with Gasteiger partial charge in [0, 0.05) is 34.7 Å². The van der Waals surface area contributed by atoms with Crippen LogP contribution in [0.4, 0.5) is 18.9 Å². The van der Waals surface area contributed by atoms with E-state index in [9.17, 15) is 27.6 Å². The molecule has 2 aliphatic rings. The number of carbonyl (C=O) groups is 3. The van der Waals surface area contributed by atoms with Gasteiger partial charge in [-0.2, -0.15) is 13.2 Å². The molecule has 0 bridgehead atoms. The molecular weight excluding hydrogens is 535 g/mol. The van der Waals surface area contributed by atoms with Crippen LogP contribution in [0.25, 0.3) is 0 Å². The summed E-state index contributed by atoms with van der Waals surface area (Å²) in [6, 6.07) is 12.9. The summed E-state index contributed by atoms with van der Waals surface area (Å²) in [6.45, 7) is 5.18. The molecule has 2 aliphatic heterocycles. The number of fused-ring (bicyclic) bond motifs is 1. The molecule has 1 fully saturated rings. The molecule has 1 unspecified atom stereocenters. The molecule has 2 aromatic rings. The van der Waals surface area contributed by atoms with Crippen molar-refractivity contribution < 1.29 is 32.4 Å². The zero-order valence-corrected chi connectivity index (χ0v) is 22.7. The van der Waals surface area contributed by atoms with Crippen molar-refractivity contribution in [3.05, 3.63) is 64.7 Å². The number of carbonyl (C=O) groups excluding carboxylic acids is 3. The van der Waals surface area contributed by atoms with Gasteiger partial charge in [-0.3, -0.25) is 9.63 Å². The van der Waals surface area contributed by atoms with Gasteiger partial charge in [-0.05, 0) is 74.6 Å². The third kappa shape index (κ3) is 6.45. The Morgan fingerprint density at radius 1 is 1.05 bits per heavy atom. The van der Waals surface area contributed by atoms with Gasteiger partial charge in [-0.25, -0.2) is 9.59 Å². The quantitative estimate of drug-likeness (QED) is 0.440. The third-order valence-electron chi connectivity index (χ3n) is 7.55. The fourth-order valence-corrected chi connectivity index (χ4v) is 5.42. The van der Waals surface area contributed by atoms with Crippen molar-refractivity contribution in [2.75, 3.05) is 26.2 Å². The number of nitrogens with zero attached hydrogens (tertiary/aromatic N) is 3. The zero-order chi connectivity index (χ0) is 28.4. The van der Waals surface area contributed by atoms with Crippen molar-refractivity contribution in [1.29, 1.82) is 0 Å². The van der Waals surface area contributed by atoms with E-state index in [4.69, 9.17) is 16.4 Å². The molecule has 11 heteroatoms.